The average molecular weight is 308 g/mol. The predicted octanol–water partition coefficient (Wildman–Crippen LogP) is 3.42. The number of nitrogens with two attached hydrogens (primary N) is 1. The molecule has 4 nitrogen and oxygen atoms in total. The summed E-state index contributed by atoms with van der Waals surface area (Å²) >= 11 is 6.07. The second-order valence-electron chi connectivity index (χ2n) is 5.12. The van der Waals surface area contributed by atoms with Crippen molar-refractivity contribution in [1.29, 1.82) is 0 Å². The van der Waals surface area contributed by atoms with Crippen molar-refractivity contribution in [1.82, 2.24) is 9.78 Å². The highest BCUT2D eigenvalue weighted by molar-refractivity contribution is 6.30. The van der Waals surface area contributed by atoms with Crippen molar-refractivity contribution >= 4 is 11.6 Å². The van der Waals surface area contributed by atoms with E-state index in [1.54, 1.807) is 0 Å². The Morgan fingerprint density at radius 2 is 2.19 bits per heavy atom. The molecule has 2 N–H and O–H groups in total. The Hall–Kier alpha value is -1.52. The monoisotopic (exact) mass is 307 g/mol. The van der Waals surface area contributed by atoms with Gasteiger partial charge in [-0.05, 0) is 43.5 Å². The van der Waals surface area contributed by atoms with Crippen LogP contribution in [0.5, 0.6) is 5.75 Å². The molecular weight excluding hydrogens is 286 g/mol. The Balaban J connectivity index is 2.07. The minimum atomic E-state index is 0.119. The molecule has 5 heteroatoms. The van der Waals surface area contributed by atoms with Gasteiger partial charge in [0.15, 0.2) is 0 Å². The SMILES string of the molecule is CCC(N)Cc1cc(Cl)ccc1OCc1cnn(CC)c1. The van der Waals surface area contributed by atoms with Crippen molar-refractivity contribution in [2.75, 3.05) is 0 Å². The number of hydrogen-bond donors (Lipinski definition) is 1. The van der Waals surface area contributed by atoms with Crippen LogP contribution in [0.4, 0.5) is 0 Å². The van der Waals surface area contributed by atoms with E-state index in [9.17, 15) is 0 Å². The van der Waals surface area contributed by atoms with Gasteiger partial charge in [-0.2, -0.15) is 5.10 Å². The van der Waals surface area contributed by atoms with Gasteiger partial charge in [-0.1, -0.05) is 18.5 Å². The zero-order valence-corrected chi connectivity index (χ0v) is 13.3. The minimum Gasteiger partial charge on any atom is -0.489 e. The number of rotatable bonds is 7. The fourth-order valence-electron chi connectivity index (χ4n) is 2.09. The van der Waals surface area contributed by atoms with Gasteiger partial charge in [0.2, 0.25) is 0 Å². The lowest BCUT2D eigenvalue weighted by Crippen LogP contribution is -2.21. The molecule has 0 spiro atoms. The van der Waals surface area contributed by atoms with E-state index in [1.807, 2.05) is 35.3 Å². The van der Waals surface area contributed by atoms with Crippen LogP contribution < -0.4 is 10.5 Å². The summed E-state index contributed by atoms with van der Waals surface area (Å²) < 4.78 is 7.80. The van der Waals surface area contributed by atoms with Crippen molar-refractivity contribution in [3.8, 4) is 5.75 Å². The zero-order chi connectivity index (χ0) is 15.2. The molecule has 0 aliphatic carbocycles. The van der Waals surface area contributed by atoms with E-state index >= 15 is 0 Å². The molecule has 0 bridgehead atoms. The topological polar surface area (TPSA) is 53.1 Å². The van der Waals surface area contributed by atoms with Gasteiger partial charge in [0, 0.05) is 29.4 Å². The van der Waals surface area contributed by atoms with Crippen LogP contribution in [0.1, 0.15) is 31.4 Å². The van der Waals surface area contributed by atoms with Crippen molar-refractivity contribution in [3.05, 3.63) is 46.7 Å². The number of hydrogen-bond acceptors (Lipinski definition) is 3. The lowest BCUT2D eigenvalue weighted by Gasteiger charge is -2.14. The van der Waals surface area contributed by atoms with Crippen LogP contribution in [0.25, 0.3) is 0 Å². The maximum atomic E-state index is 6.07. The van der Waals surface area contributed by atoms with E-state index in [1.165, 1.54) is 0 Å². The molecule has 114 valence electrons. The molecule has 0 aliphatic rings. The second kappa shape index (κ2) is 7.48. The standard InChI is InChI=1S/C16H22ClN3O/c1-3-15(18)8-13-7-14(17)5-6-16(13)21-11-12-9-19-20(4-2)10-12/h5-7,9-10,15H,3-4,8,11,18H2,1-2H3. The fourth-order valence-corrected chi connectivity index (χ4v) is 2.28. The van der Waals surface area contributed by atoms with Gasteiger partial charge in [0.05, 0.1) is 6.20 Å². The molecule has 0 fully saturated rings. The molecule has 1 aromatic heterocycles. The van der Waals surface area contributed by atoms with Crippen LogP contribution in [-0.2, 0) is 19.6 Å². The van der Waals surface area contributed by atoms with E-state index < -0.39 is 0 Å². The van der Waals surface area contributed by atoms with Crippen LogP contribution in [-0.4, -0.2) is 15.8 Å². The van der Waals surface area contributed by atoms with Crippen molar-refractivity contribution in [2.24, 2.45) is 5.73 Å². The summed E-state index contributed by atoms with van der Waals surface area (Å²) in [5.41, 5.74) is 8.15. The average Bonchev–Trinajstić information content (AvgIpc) is 2.94. The molecule has 0 aliphatic heterocycles. The third-order valence-corrected chi connectivity index (χ3v) is 3.67. The first-order valence-electron chi connectivity index (χ1n) is 7.30. The highest BCUT2D eigenvalue weighted by Gasteiger charge is 2.09. The van der Waals surface area contributed by atoms with Crippen molar-refractivity contribution < 1.29 is 4.74 Å². The first kappa shape index (κ1) is 15.9. The molecule has 21 heavy (non-hydrogen) atoms. The molecule has 0 radical (unpaired) electrons. The lowest BCUT2D eigenvalue weighted by atomic mass is 10.0. The number of aromatic nitrogens is 2. The Kier molecular flexibility index (Phi) is 5.65. The molecule has 1 atom stereocenters. The summed E-state index contributed by atoms with van der Waals surface area (Å²) in [6.07, 6.45) is 5.51. The van der Waals surface area contributed by atoms with Crippen LogP contribution in [0.2, 0.25) is 5.02 Å². The normalized spacial score (nSPS) is 12.4. The summed E-state index contributed by atoms with van der Waals surface area (Å²) in [4.78, 5) is 0. The molecule has 1 heterocycles. The summed E-state index contributed by atoms with van der Waals surface area (Å²) in [7, 11) is 0. The summed E-state index contributed by atoms with van der Waals surface area (Å²) in [6, 6.07) is 5.80. The first-order chi connectivity index (χ1) is 10.1. The number of ether oxygens (including phenoxy) is 1. The molecule has 0 amide bonds. The van der Waals surface area contributed by atoms with Crippen LogP contribution in [0, 0.1) is 0 Å². The Labute approximate surface area is 130 Å². The quantitative estimate of drug-likeness (QED) is 0.853. The van der Waals surface area contributed by atoms with Crippen LogP contribution in [0.3, 0.4) is 0 Å². The Morgan fingerprint density at radius 1 is 1.38 bits per heavy atom. The highest BCUT2D eigenvalue weighted by Crippen LogP contribution is 2.25. The number of aryl methyl sites for hydroxylation is 1. The van der Waals surface area contributed by atoms with E-state index in [4.69, 9.17) is 22.1 Å². The maximum absolute atomic E-state index is 6.07. The number of nitrogens with zero attached hydrogens (tertiary/aromatic N) is 2. The molecule has 1 unspecified atom stereocenters. The lowest BCUT2D eigenvalue weighted by molar-refractivity contribution is 0.302. The largest absolute Gasteiger partial charge is 0.489 e. The van der Waals surface area contributed by atoms with Gasteiger partial charge in [-0.3, -0.25) is 4.68 Å². The van der Waals surface area contributed by atoms with Crippen LogP contribution >= 0.6 is 11.6 Å². The number of benzene rings is 1. The molecule has 0 saturated heterocycles. The second-order valence-corrected chi connectivity index (χ2v) is 5.55. The number of halogens is 1. The summed E-state index contributed by atoms with van der Waals surface area (Å²) in [6.45, 7) is 5.49. The Morgan fingerprint density at radius 3 is 2.86 bits per heavy atom. The fraction of sp³-hybridized carbons (Fsp3) is 0.438. The van der Waals surface area contributed by atoms with Crippen molar-refractivity contribution in [3.63, 3.8) is 0 Å². The van der Waals surface area contributed by atoms with Gasteiger partial charge in [0.25, 0.3) is 0 Å². The zero-order valence-electron chi connectivity index (χ0n) is 12.6. The minimum absolute atomic E-state index is 0.119. The smallest absolute Gasteiger partial charge is 0.123 e. The first-order valence-corrected chi connectivity index (χ1v) is 7.68. The van der Waals surface area contributed by atoms with Gasteiger partial charge in [-0.15, -0.1) is 0 Å². The summed E-state index contributed by atoms with van der Waals surface area (Å²) in [5, 5.41) is 4.95. The van der Waals surface area contributed by atoms with E-state index in [0.717, 1.165) is 36.3 Å². The van der Waals surface area contributed by atoms with Crippen molar-refractivity contribution in [2.45, 2.75) is 45.9 Å². The third kappa shape index (κ3) is 4.48. The van der Waals surface area contributed by atoms with Gasteiger partial charge >= 0.3 is 0 Å². The van der Waals surface area contributed by atoms with Gasteiger partial charge in [-0.25, -0.2) is 0 Å². The van der Waals surface area contributed by atoms with E-state index in [-0.39, 0.29) is 6.04 Å². The molecular formula is C16H22ClN3O. The van der Waals surface area contributed by atoms with E-state index in [0.29, 0.717) is 11.6 Å². The van der Waals surface area contributed by atoms with Gasteiger partial charge < -0.3 is 10.5 Å². The van der Waals surface area contributed by atoms with Gasteiger partial charge in [0.1, 0.15) is 12.4 Å². The molecule has 1 aromatic carbocycles. The summed E-state index contributed by atoms with van der Waals surface area (Å²) in [5.74, 6) is 0.840. The maximum Gasteiger partial charge on any atom is 0.123 e. The molecule has 2 aromatic rings. The molecule has 2 rings (SSSR count). The predicted molar refractivity (Wildman–Crippen MR) is 85.7 cm³/mol. The highest BCUT2D eigenvalue weighted by atomic mass is 35.5. The Bertz CT molecular complexity index is 583. The third-order valence-electron chi connectivity index (χ3n) is 3.43. The van der Waals surface area contributed by atoms with Crippen LogP contribution in [0.15, 0.2) is 30.6 Å². The molecule has 0 saturated carbocycles. The van der Waals surface area contributed by atoms with E-state index in [2.05, 4.69) is 18.9 Å².